The minimum atomic E-state index is -0.956. The minimum Gasteiger partial charge on any atom is -0.459 e. The van der Waals surface area contributed by atoms with Crippen LogP contribution in [0.2, 0.25) is 0 Å². The molecular formula is C41H46N2O5. The average molecular weight is 647 g/mol. The van der Waals surface area contributed by atoms with Crippen molar-refractivity contribution in [3.05, 3.63) is 132 Å². The highest BCUT2D eigenvalue weighted by Crippen LogP contribution is 2.31. The van der Waals surface area contributed by atoms with Gasteiger partial charge < -0.3 is 20.5 Å². The number of nitrogens with one attached hydrogen (secondary N) is 1. The normalized spacial score (nSPS) is 16.4. The highest BCUT2D eigenvalue weighted by Gasteiger charge is 2.42. The lowest BCUT2D eigenvalue weighted by Gasteiger charge is -2.35. The molecular weight excluding hydrogens is 600 g/mol. The highest BCUT2D eigenvalue weighted by molar-refractivity contribution is 5.98. The molecule has 48 heavy (non-hydrogen) atoms. The Morgan fingerprint density at radius 3 is 1.50 bits per heavy atom. The first kappa shape index (κ1) is 34.6. The smallest absolute Gasteiger partial charge is 0.332 e. The van der Waals surface area contributed by atoms with Gasteiger partial charge >= 0.3 is 11.9 Å². The van der Waals surface area contributed by atoms with Crippen LogP contribution in [-0.4, -0.2) is 28.9 Å². The zero-order valence-corrected chi connectivity index (χ0v) is 27.6. The summed E-state index contributed by atoms with van der Waals surface area (Å²) in [5.74, 6) is -0.829. The number of benzene rings is 4. The summed E-state index contributed by atoms with van der Waals surface area (Å²) in [7, 11) is 0. The van der Waals surface area contributed by atoms with Crippen LogP contribution in [0.3, 0.4) is 0 Å². The van der Waals surface area contributed by atoms with Crippen LogP contribution in [0.5, 0.6) is 0 Å². The van der Waals surface area contributed by atoms with Crippen LogP contribution in [0, 0.1) is 0 Å². The Balaban J connectivity index is 0.000000224. The molecule has 2 saturated carbocycles. The summed E-state index contributed by atoms with van der Waals surface area (Å²) in [6, 6.07) is 36.8. The maximum Gasteiger partial charge on any atom is 0.332 e. The maximum absolute atomic E-state index is 13.1. The molecule has 0 saturated heterocycles. The van der Waals surface area contributed by atoms with Gasteiger partial charge in [-0.25, -0.2) is 4.79 Å². The fourth-order valence-electron chi connectivity index (χ4n) is 6.38. The second-order valence-corrected chi connectivity index (χ2v) is 12.9. The van der Waals surface area contributed by atoms with Gasteiger partial charge in [0.05, 0.1) is 0 Å². The Morgan fingerprint density at radius 2 is 0.979 bits per heavy atom. The zero-order valence-electron chi connectivity index (χ0n) is 27.6. The lowest BCUT2D eigenvalue weighted by Crippen LogP contribution is -2.56. The Hall–Kier alpha value is -4.75. The van der Waals surface area contributed by atoms with Gasteiger partial charge in [-0.05, 0) is 60.1 Å². The van der Waals surface area contributed by atoms with Crippen LogP contribution in [0.15, 0.2) is 115 Å². The molecule has 0 radical (unpaired) electrons. The van der Waals surface area contributed by atoms with E-state index in [0.29, 0.717) is 25.0 Å². The quantitative estimate of drug-likeness (QED) is 0.179. The summed E-state index contributed by atoms with van der Waals surface area (Å²) in [5.41, 5.74) is 9.02. The first-order chi connectivity index (χ1) is 23.4. The number of ether oxygens (including phenoxy) is 2. The van der Waals surface area contributed by atoms with Gasteiger partial charge in [-0.1, -0.05) is 142 Å². The molecule has 6 rings (SSSR count). The van der Waals surface area contributed by atoms with Gasteiger partial charge in [0.25, 0.3) is 5.91 Å². The Kier molecular flexibility index (Phi) is 12.2. The third kappa shape index (κ3) is 9.41. The molecule has 0 aliphatic heterocycles. The van der Waals surface area contributed by atoms with E-state index in [1.165, 1.54) is 6.42 Å². The van der Waals surface area contributed by atoms with E-state index in [1.807, 2.05) is 115 Å². The predicted molar refractivity (Wildman–Crippen MR) is 188 cm³/mol. The number of amides is 1. The van der Waals surface area contributed by atoms with Crippen molar-refractivity contribution < 1.29 is 23.9 Å². The van der Waals surface area contributed by atoms with E-state index in [1.54, 1.807) is 0 Å². The number of hydrogen-bond donors (Lipinski definition) is 2. The number of esters is 2. The first-order valence-electron chi connectivity index (χ1n) is 17.1. The summed E-state index contributed by atoms with van der Waals surface area (Å²) in [4.78, 5) is 38.0. The van der Waals surface area contributed by atoms with Gasteiger partial charge in [-0.3, -0.25) is 9.59 Å². The van der Waals surface area contributed by atoms with Crippen molar-refractivity contribution in [1.82, 2.24) is 5.32 Å². The molecule has 0 aromatic heterocycles. The highest BCUT2D eigenvalue weighted by atomic mass is 16.5. The largest absolute Gasteiger partial charge is 0.459 e. The molecule has 1 amide bonds. The zero-order chi connectivity index (χ0) is 33.7. The number of carbonyl (C=O) groups is 3. The van der Waals surface area contributed by atoms with Crippen LogP contribution < -0.4 is 11.1 Å². The van der Waals surface area contributed by atoms with Gasteiger partial charge in [0.2, 0.25) is 0 Å². The average Bonchev–Trinajstić information content (AvgIpc) is 3.15. The lowest BCUT2D eigenvalue weighted by atomic mass is 9.81. The molecule has 7 heteroatoms. The third-order valence-corrected chi connectivity index (χ3v) is 9.28. The van der Waals surface area contributed by atoms with E-state index in [4.69, 9.17) is 15.2 Å². The van der Waals surface area contributed by atoms with E-state index in [0.717, 1.165) is 67.2 Å². The Morgan fingerprint density at radius 1 is 0.542 bits per heavy atom. The van der Waals surface area contributed by atoms with E-state index < -0.39 is 11.1 Å². The Bertz CT molecular complexity index is 1600. The molecule has 2 aliphatic carbocycles. The first-order valence-corrected chi connectivity index (χ1v) is 17.1. The summed E-state index contributed by atoms with van der Waals surface area (Å²) in [6.45, 7) is 0.529. The summed E-state index contributed by atoms with van der Waals surface area (Å²) < 4.78 is 10.9. The number of carbonyl (C=O) groups excluding carboxylic acids is 3. The van der Waals surface area contributed by atoms with E-state index in [-0.39, 0.29) is 24.5 Å². The summed E-state index contributed by atoms with van der Waals surface area (Å²) >= 11 is 0. The molecule has 0 bridgehead atoms. The van der Waals surface area contributed by atoms with Gasteiger partial charge in [0.1, 0.15) is 24.3 Å². The van der Waals surface area contributed by atoms with Crippen molar-refractivity contribution >= 4 is 17.8 Å². The molecule has 4 aromatic carbocycles. The number of rotatable bonds is 9. The molecule has 4 aromatic rings. The third-order valence-electron chi connectivity index (χ3n) is 9.28. The van der Waals surface area contributed by atoms with E-state index >= 15 is 0 Å². The molecule has 7 nitrogen and oxygen atoms in total. The number of hydrogen-bond acceptors (Lipinski definition) is 6. The SMILES string of the molecule is NC1(C(=O)OCc2ccccc2)CCCCC1.O=C(NC1(C(=O)OCc2ccccc2)CCCCC1)c1ccc(-c2ccccc2)cc1. The van der Waals surface area contributed by atoms with Gasteiger partial charge in [0.15, 0.2) is 0 Å². The van der Waals surface area contributed by atoms with Crippen molar-refractivity contribution in [2.75, 3.05) is 0 Å². The van der Waals surface area contributed by atoms with Crippen LogP contribution in [0.1, 0.15) is 85.7 Å². The van der Waals surface area contributed by atoms with Crippen LogP contribution in [-0.2, 0) is 32.3 Å². The van der Waals surface area contributed by atoms with E-state index in [9.17, 15) is 14.4 Å². The molecule has 3 N–H and O–H groups in total. The fourth-order valence-corrected chi connectivity index (χ4v) is 6.38. The van der Waals surface area contributed by atoms with Crippen molar-refractivity contribution in [3.8, 4) is 11.1 Å². The van der Waals surface area contributed by atoms with Crippen molar-refractivity contribution in [2.45, 2.75) is 88.5 Å². The molecule has 2 fully saturated rings. The van der Waals surface area contributed by atoms with Crippen molar-refractivity contribution in [1.29, 1.82) is 0 Å². The van der Waals surface area contributed by atoms with Crippen molar-refractivity contribution in [3.63, 3.8) is 0 Å². The minimum absolute atomic E-state index is 0.211. The van der Waals surface area contributed by atoms with Crippen molar-refractivity contribution in [2.24, 2.45) is 5.73 Å². The topological polar surface area (TPSA) is 108 Å². The number of nitrogens with two attached hydrogens (primary N) is 1. The second kappa shape index (κ2) is 16.9. The van der Waals surface area contributed by atoms with Gasteiger partial charge in [-0.2, -0.15) is 0 Å². The van der Waals surface area contributed by atoms with Crippen LogP contribution >= 0.6 is 0 Å². The summed E-state index contributed by atoms with van der Waals surface area (Å²) in [6.07, 6.45) is 8.79. The molecule has 0 spiro atoms. The van der Waals surface area contributed by atoms with Crippen LogP contribution in [0.25, 0.3) is 11.1 Å². The van der Waals surface area contributed by atoms with E-state index in [2.05, 4.69) is 5.32 Å². The van der Waals surface area contributed by atoms with Gasteiger partial charge in [-0.15, -0.1) is 0 Å². The molecule has 0 heterocycles. The predicted octanol–water partition coefficient (Wildman–Crippen LogP) is 7.92. The molecule has 0 unspecified atom stereocenters. The fraction of sp³-hybridized carbons (Fsp3) is 0.341. The lowest BCUT2D eigenvalue weighted by molar-refractivity contribution is -0.154. The maximum atomic E-state index is 13.1. The second-order valence-electron chi connectivity index (χ2n) is 12.9. The standard InChI is InChI=1S/C27H27NO3.C14H19NO2/c29-25(24-16-14-23(15-17-24)22-12-6-2-7-13-22)28-27(18-8-3-9-19-27)26(30)31-20-21-10-4-1-5-11-21;15-14(9-5-2-6-10-14)13(16)17-11-12-7-3-1-4-8-12/h1-2,4-7,10-17H,3,8-9,18-20H2,(H,28,29);1,3-4,7-8H,2,5-6,9-11,15H2. The summed E-state index contributed by atoms with van der Waals surface area (Å²) in [5, 5.41) is 3.03. The van der Waals surface area contributed by atoms with Crippen LogP contribution in [0.4, 0.5) is 0 Å². The molecule has 0 atom stereocenters. The molecule has 250 valence electrons. The monoisotopic (exact) mass is 646 g/mol. The van der Waals surface area contributed by atoms with Gasteiger partial charge in [0, 0.05) is 5.56 Å². The molecule has 2 aliphatic rings. The Labute approximate surface area is 283 Å².